The van der Waals surface area contributed by atoms with E-state index in [4.69, 9.17) is 4.74 Å². The fourth-order valence-electron chi connectivity index (χ4n) is 2.26. The SMILES string of the molecule is CC(C)=O.CCCCCCCCCCCCCC(=O)OC(C)C. The van der Waals surface area contributed by atoms with Crippen molar-refractivity contribution in [2.75, 3.05) is 0 Å². The summed E-state index contributed by atoms with van der Waals surface area (Å²) in [6.45, 7) is 9.12. The first-order valence-corrected chi connectivity index (χ1v) is 9.56. The summed E-state index contributed by atoms with van der Waals surface area (Å²) in [6, 6.07) is 0. The van der Waals surface area contributed by atoms with Crippen LogP contribution < -0.4 is 0 Å². The number of ether oxygens (including phenoxy) is 1. The third kappa shape index (κ3) is 29.7. The number of hydrogen-bond acceptors (Lipinski definition) is 3. The summed E-state index contributed by atoms with van der Waals surface area (Å²) in [5, 5.41) is 0. The Morgan fingerprint density at radius 2 is 1.09 bits per heavy atom. The van der Waals surface area contributed by atoms with Crippen LogP contribution in [0.15, 0.2) is 0 Å². The molecule has 138 valence electrons. The van der Waals surface area contributed by atoms with Gasteiger partial charge < -0.3 is 9.53 Å². The molecule has 0 rings (SSSR count). The summed E-state index contributed by atoms with van der Waals surface area (Å²) in [5.74, 6) is 0.130. The van der Waals surface area contributed by atoms with Crippen LogP contribution in [0.4, 0.5) is 0 Å². The molecule has 0 N–H and O–H groups in total. The second kappa shape index (κ2) is 19.2. The van der Waals surface area contributed by atoms with Gasteiger partial charge in [-0.1, -0.05) is 71.1 Å². The molecular formula is C20H40O3. The van der Waals surface area contributed by atoms with Gasteiger partial charge in [-0.05, 0) is 34.1 Å². The standard InChI is InChI=1S/C17H34O2.C3H6O/c1-4-5-6-7-8-9-10-11-12-13-14-15-17(18)19-16(2)3;1-3(2)4/h16H,4-15H2,1-3H3;1-2H3. The number of unbranched alkanes of at least 4 members (excludes halogenated alkanes) is 10. The minimum absolute atomic E-state index is 0.0280. The molecule has 23 heavy (non-hydrogen) atoms. The normalized spacial score (nSPS) is 10.2. The molecule has 3 nitrogen and oxygen atoms in total. The van der Waals surface area contributed by atoms with Gasteiger partial charge in [0.25, 0.3) is 0 Å². The molecule has 0 bridgehead atoms. The first kappa shape index (κ1) is 24.4. The average molecular weight is 329 g/mol. The zero-order valence-corrected chi connectivity index (χ0v) is 16.3. The lowest BCUT2D eigenvalue weighted by Gasteiger charge is -2.07. The maximum Gasteiger partial charge on any atom is 0.306 e. The van der Waals surface area contributed by atoms with Crippen LogP contribution in [0.3, 0.4) is 0 Å². The van der Waals surface area contributed by atoms with Crippen LogP contribution in [-0.2, 0) is 14.3 Å². The molecule has 0 spiro atoms. The Kier molecular flexibility index (Phi) is 20.3. The van der Waals surface area contributed by atoms with E-state index < -0.39 is 0 Å². The molecule has 0 radical (unpaired) electrons. The minimum atomic E-state index is -0.0362. The van der Waals surface area contributed by atoms with Gasteiger partial charge in [0.2, 0.25) is 0 Å². The molecule has 0 heterocycles. The Morgan fingerprint density at radius 1 is 0.739 bits per heavy atom. The molecule has 0 fully saturated rings. The number of carbonyl (C=O) groups is 2. The Hall–Kier alpha value is -0.860. The van der Waals surface area contributed by atoms with E-state index in [-0.39, 0.29) is 17.9 Å². The zero-order valence-electron chi connectivity index (χ0n) is 16.3. The zero-order chi connectivity index (χ0) is 17.9. The van der Waals surface area contributed by atoms with Crippen LogP contribution in [0, 0.1) is 0 Å². The van der Waals surface area contributed by atoms with Crippen LogP contribution in [0.2, 0.25) is 0 Å². The van der Waals surface area contributed by atoms with Crippen LogP contribution in [0.25, 0.3) is 0 Å². The molecule has 0 saturated heterocycles. The number of ketones is 1. The lowest BCUT2D eigenvalue weighted by atomic mass is 10.1. The highest BCUT2D eigenvalue weighted by Gasteiger charge is 2.04. The molecule has 0 atom stereocenters. The van der Waals surface area contributed by atoms with Gasteiger partial charge in [-0.2, -0.15) is 0 Å². The Bertz CT molecular complexity index is 268. The summed E-state index contributed by atoms with van der Waals surface area (Å²) >= 11 is 0. The van der Waals surface area contributed by atoms with Gasteiger partial charge in [0.15, 0.2) is 0 Å². The molecule has 0 aromatic heterocycles. The Balaban J connectivity index is 0. The van der Waals surface area contributed by atoms with Gasteiger partial charge >= 0.3 is 5.97 Å². The minimum Gasteiger partial charge on any atom is -0.463 e. The first-order chi connectivity index (χ1) is 10.9. The van der Waals surface area contributed by atoms with Crippen molar-refractivity contribution in [3.8, 4) is 0 Å². The van der Waals surface area contributed by atoms with Crippen LogP contribution in [-0.4, -0.2) is 17.9 Å². The fourth-order valence-corrected chi connectivity index (χ4v) is 2.26. The van der Waals surface area contributed by atoms with E-state index in [1.54, 1.807) is 0 Å². The molecule has 0 unspecified atom stereocenters. The highest BCUT2D eigenvalue weighted by Crippen LogP contribution is 2.12. The summed E-state index contributed by atoms with van der Waals surface area (Å²) in [7, 11) is 0. The summed E-state index contributed by atoms with van der Waals surface area (Å²) < 4.78 is 5.10. The molecular weight excluding hydrogens is 288 g/mol. The van der Waals surface area contributed by atoms with Crippen molar-refractivity contribution in [1.29, 1.82) is 0 Å². The number of rotatable bonds is 13. The quantitative estimate of drug-likeness (QED) is 0.297. The number of Topliss-reactive ketones (excluding diaryl/α,β-unsaturated/α-hetero) is 1. The van der Waals surface area contributed by atoms with Gasteiger partial charge in [-0.15, -0.1) is 0 Å². The monoisotopic (exact) mass is 328 g/mol. The molecule has 0 aliphatic heterocycles. The number of hydrogen-bond donors (Lipinski definition) is 0. The van der Waals surface area contributed by atoms with Crippen molar-refractivity contribution in [3.63, 3.8) is 0 Å². The smallest absolute Gasteiger partial charge is 0.306 e. The van der Waals surface area contributed by atoms with E-state index in [0.29, 0.717) is 6.42 Å². The molecule has 0 amide bonds. The van der Waals surface area contributed by atoms with E-state index in [9.17, 15) is 9.59 Å². The number of esters is 1. The van der Waals surface area contributed by atoms with E-state index in [0.717, 1.165) is 6.42 Å². The van der Waals surface area contributed by atoms with Crippen LogP contribution in [0.5, 0.6) is 0 Å². The summed E-state index contributed by atoms with van der Waals surface area (Å²) in [4.78, 5) is 20.7. The van der Waals surface area contributed by atoms with Crippen molar-refractivity contribution < 1.29 is 14.3 Å². The van der Waals surface area contributed by atoms with E-state index in [1.807, 2.05) is 13.8 Å². The van der Waals surface area contributed by atoms with Gasteiger partial charge in [-0.3, -0.25) is 4.79 Å². The van der Waals surface area contributed by atoms with Crippen LogP contribution >= 0.6 is 0 Å². The largest absolute Gasteiger partial charge is 0.463 e. The molecule has 0 aromatic carbocycles. The van der Waals surface area contributed by atoms with E-state index >= 15 is 0 Å². The molecule has 3 heteroatoms. The molecule has 0 saturated carbocycles. The van der Waals surface area contributed by atoms with Gasteiger partial charge in [0.1, 0.15) is 5.78 Å². The predicted octanol–water partition coefficient (Wildman–Crippen LogP) is 6.23. The fraction of sp³-hybridized carbons (Fsp3) is 0.900. The molecule has 0 aliphatic carbocycles. The summed E-state index contributed by atoms with van der Waals surface area (Å²) in [6.07, 6.45) is 15.1. The number of carbonyl (C=O) groups excluding carboxylic acids is 2. The third-order valence-corrected chi connectivity index (χ3v) is 3.35. The van der Waals surface area contributed by atoms with Crippen molar-refractivity contribution >= 4 is 11.8 Å². The highest BCUT2D eigenvalue weighted by molar-refractivity contribution is 5.72. The molecule has 0 aliphatic rings. The lowest BCUT2D eigenvalue weighted by molar-refractivity contribution is -0.147. The van der Waals surface area contributed by atoms with E-state index in [1.165, 1.54) is 78.1 Å². The Morgan fingerprint density at radius 3 is 1.43 bits per heavy atom. The topological polar surface area (TPSA) is 43.4 Å². The molecule has 0 aromatic rings. The highest BCUT2D eigenvalue weighted by atomic mass is 16.5. The lowest BCUT2D eigenvalue weighted by Crippen LogP contribution is -2.10. The van der Waals surface area contributed by atoms with Gasteiger partial charge in [0, 0.05) is 6.42 Å². The van der Waals surface area contributed by atoms with Crippen molar-refractivity contribution in [3.05, 3.63) is 0 Å². The van der Waals surface area contributed by atoms with Crippen molar-refractivity contribution in [2.24, 2.45) is 0 Å². The van der Waals surface area contributed by atoms with Crippen molar-refractivity contribution in [1.82, 2.24) is 0 Å². The second-order valence-corrected chi connectivity index (χ2v) is 6.73. The van der Waals surface area contributed by atoms with Crippen molar-refractivity contribution in [2.45, 2.75) is 118 Å². The maximum absolute atomic E-state index is 11.3. The summed E-state index contributed by atoms with van der Waals surface area (Å²) in [5.41, 5.74) is 0. The third-order valence-electron chi connectivity index (χ3n) is 3.35. The van der Waals surface area contributed by atoms with Crippen LogP contribution in [0.1, 0.15) is 112 Å². The van der Waals surface area contributed by atoms with Gasteiger partial charge in [-0.25, -0.2) is 0 Å². The second-order valence-electron chi connectivity index (χ2n) is 6.73. The average Bonchev–Trinajstić information content (AvgIpc) is 2.43. The Labute approximate surface area is 144 Å². The predicted molar refractivity (Wildman–Crippen MR) is 98.7 cm³/mol. The van der Waals surface area contributed by atoms with Gasteiger partial charge in [0.05, 0.1) is 6.10 Å². The first-order valence-electron chi connectivity index (χ1n) is 9.56. The maximum atomic E-state index is 11.3. The van der Waals surface area contributed by atoms with E-state index in [2.05, 4.69) is 6.92 Å².